The number of hydrogen-bond donors (Lipinski definition) is 2. The van der Waals surface area contributed by atoms with E-state index >= 15 is 0 Å². The number of hydrogen-bond acceptors (Lipinski definition) is 2. The van der Waals surface area contributed by atoms with Gasteiger partial charge >= 0.3 is 0 Å². The highest BCUT2D eigenvalue weighted by Gasteiger charge is 1.95. The van der Waals surface area contributed by atoms with E-state index in [-0.39, 0.29) is 5.48 Å². The summed E-state index contributed by atoms with van der Waals surface area (Å²) in [6.07, 6.45) is 0.917. The second kappa shape index (κ2) is 5.19. The van der Waals surface area contributed by atoms with Gasteiger partial charge in [-0.25, -0.2) is 0 Å². The highest BCUT2D eigenvalue weighted by Crippen LogP contribution is 2.13. The van der Waals surface area contributed by atoms with Gasteiger partial charge in [0.25, 0.3) is 0 Å². The Morgan fingerprint density at radius 3 is 1.25 bits per heavy atom. The van der Waals surface area contributed by atoms with Gasteiger partial charge in [0.15, 0.2) is 0 Å². The van der Waals surface area contributed by atoms with Crippen molar-refractivity contribution in [3.8, 4) is 0 Å². The molecule has 3 heteroatoms. The topological polar surface area (TPSA) is 83.5 Å². The lowest BCUT2D eigenvalue weighted by Crippen LogP contribution is -1.90. The van der Waals surface area contributed by atoms with Gasteiger partial charge in [-0.3, -0.25) is 0 Å². The van der Waals surface area contributed by atoms with Gasteiger partial charge in [0, 0.05) is 11.4 Å². The van der Waals surface area contributed by atoms with Crippen molar-refractivity contribution in [2.75, 3.05) is 11.5 Å². The van der Waals surface area contributed by atoms with E-state index in [0.717, 1.165) is 17.8 Å². The van der Waals surface area contributed by atoms with Crippen LogP contribution in [0.15, 0.2) is 48.5 Å². The Morgan fingerprint density at radius 1 is 0.625 bits per heavy atom. The molecule has 16 heavy (non-hydrogen) atoms. The molecule has 0 aliphatic rings. The van der Waals surface area contributed by atoms with Crippen LogP contribution >= 0.6 is 0 Å². The summed E-state index contributed by atoms with van der Waals surface area (Å²) in [4.78, 5) is 0. The maximum Gasteiger partial charge on any atom is 0.0314 e. The predicted octanol–water partition coefficient (Wildman–Crippen LogP) is 1.62. The molecule has 0 aliphatic carbocycles. The fraction of sp³-hybridized carbons (Fsp3) is 0.0769. The largest absolute Gasteiger partial charge is 0.412 e. The summed E-state index contributed by atoms with van der Waals surface area (Å²) in [5.41, 5.74) is 15.4. The molecule has 0 amide bonds. The lowest BCUT2D eigenvalue weighted by atomic mass is 10.0. The monoisotopic (exact) mass is 216 g/mol. The molecule has 0 radical (unpaired) electrons. The molecular weight excluding hydrogens is 200 g/mol. The number of nitrogens with two attached hydrogens (primary N) is 2. The smallest absolute Gasteiger partial charge is 0.0314 e. The van der Waals surface area contributed by atoms with Crippen molar-refractivity contribution in [1.29, 1.82) is 0 Å². The van der Waals surface area contributed by atoms with Crippen molar-refractivity contribution >= 4 is 11.4 Å². The third-order valence-electron chi connectivity index (χ3n) is 2.37. The Balaban J connectivity index is 0.00000128. The van der Waals surface area contributed by atoms with Crippen LogP contribution < -0.4 is 11.5 Å². The molecule has 0 atom stereocenters. The molecular formula is C13H16N2O. The van der Waals surface area contributed by atoms with Crippen LogP contribution in [0, 0.1) is 0 Å². The van der Waals surface area contributed by atoms with Gasteiger partial charge in [0.1, 0.15) is 0 Å². The van der Waals surface area contributed by atoms with Crippen molar-refractivity contribution in [2.24, 2.45) is 0 Å². The zero-order valence-electron chi connectivity index (χ0n) is 8.98. The van der Waals surface area contributed by atoms with Crippen LogP contribution in [-0.2, 0) is 6.42 Å². The minimum Gasteiger partial charge on any atom is -0.412 e. The first-order valence-corrected chi connectivity index (χ1v) is 4.93. The molecule has 0 saturated heterocycles. The zero-order chi connectivity index (χ0) is 10.7. The second-order valence-corrected chi connectivity index (χ2v) is 3.66. The molecule has 0 aliphatic heterocycles. The van der Waals surface area contributed by atoms with Crippen LogP contribution in [0.2, 0.25) is 0 Å². The van der Waals surface area contributed by atoms with Crippen molar-refractivity contribution in [3.05, 3.63) is 59.7 Å². The summed E-state index contributed by atoms with van der Waals surface area (Å²) in [6.45, 7) is 0. The fourth-order valence-electron chi connectivity index (χ4n) is 1.51. The quantitative estimate of drug-likeness (QED) is 0.747. The molecule has 2 aromatic rings. The third kappa shape index (κ3) is 3.00. The van der Waals surface area contributed by atoms with E-state index in [1.807, 2.05) is 48.5 Å². The molecule has 0 aromatic heterocycles. The highest BCUT2D eigenvalue weighted by atomic mass is 16.0. The Kier molecular flexibility index (Phi) is 3.91. The van der Waals surface area contributed by atoms with Crippen LogP contribution in [-0.4, -0.2) is 5.48 Å². The fourth-order valence-corrected chi connectivity index (χ4v) is 1.51. The molecule has 0 spiro atoms. The number of rotatable bonds is 2. The average Bonchev–Trinajstić information content (AvgIpc) is 2.25. The van der Waals surface area contributed by atoms with Gasteiger partial charge in [-0.2, -0.15) is 0 Å². The minimum atomic E-state index is 0. The van der Waals surface area contributed by atoms with Gasteiger partial charge in [0.05, 0.1) is 0 Å². The van der Waals surface area contributed by atoms with E-state index in [2.05, 4.69) is 0 Å². The summed E-state index contributed by atoms with van der Waals surface area (Å²) >= 11 is 0. The van der Waals surface area contributed by atoms with E-state index in [1.54, 1.807) is 0 Å². The molecule has 0 heterocycles. The zero-order valence-corrected chi connectivity index (χ0v) is 8.98. The third-order valence-corrected chi connectivity index (χ3v) is 2.37. The maximum atomic E-state index is 5.62. The molecule has 0 fully saturated rings. The van der Waals surface area contributed by atoms with Gasteiger partial charge in [0.2, 0.25) is 0 Å². The molecule has 0 bridgehead atoms. The molecule has 0 unspecified atom stereocenters. The Morgan fingerprint density at radius 2 is 0.938 bits per heavy atom. The second-order valence-electron chi connectivity index (χ2n) is 3.66. The summed E-state index contributed by atoms with van der Waals surface area (Å²) < 4.78 is 0. The Bertz CT molecular complexity index is 391. The first kappa shape index (κ1) is 12.1. The molecule has 3 nitrogen and oxygen atoms in total. The maximum absolute atomic E-state index is 5.62. The summed E-state index contributed by atoms with van der Waals surface area (Å²) in [5, 5.41) is 0. The van der Waals surface area contributed by atoms with Gasteiger partial charge < -0.3 is 16.9 Å². The molecule has 6 N–H and O–H groups in total. The van der Waals surface area contributed by atoms with E-state index < -0.39 is 0 Å². The minimum absolute atomic E-state index is 0. The van der Waals surface area contributed by atoms with Gasteiger partial charge in [-0.05, 0) is 41.8 Å². The number of anilines is 2. The Hall–Kier alpha value is -2.00. The van der Waals surface area contributed by atoms with Crippen molar-refractivity contribution in [3.63, 3.8) is 0 Å². The van der Waals surface area contributed by atoms with Crippen molar-refractivity contribution in [1.82, 2.24) is 0 Å². The summed E-state index contributed by atoms with van der Waals surface area (Å²) in [5.74, 6) is 0. The van der Waals surface area contributed by atoms with Crippen LogP contribution in [0.3, 0.4) is 0 Å². The van der Waals surface area contributed by atoms with Crippen LogP contribution in [0.1, 0.15) is 11.1 Å². The van der Waals surface area contributed by atoms with Crippen LogP contribution in [0.4, 0.5) is 11.4 Å². The van der Waals surface area contributed by atoms with Crippen molar-refractivity contribution in [2.45, 2.75) is 6.42 Å². The standard InChI is InChI=1S/C13H14N2.H2O/c14-12-5-1-10(2-6-12)9-11-3-7-13(15)8-4-11;/h1-8H,9,14-15H2;1H2. The van der Waals surface area contributed by atoms with Gasteiger partial charge in [-0.15, -0.1) is 0 Å². The highest BCUT2D eigenvalue weighted by molar-refractivity contribution is 5.43. The van der Waals surface area contributed by atoms with Gasteiger partial charge in [-0.1, -0.05) is 24.3 Å². The Labute approximate surface area is 95.0 Å². The molecule has 0 saturated carbocycles. The van der Waals surface area contributed by atoms with Crippen LogP contribution in [0.25, 0.3) is 0 Å². The lowest BCUT2D eigenvalue weighted by Gasteiger charge is -2.02. The van der Waals surface area contributed by atoms with E-state index in [9.17, 15) is 0 Å². The van der Waals surface area contributed by atoms with E-state index in [1.165, 1.54) is 11.1 Å². The lowest BCUT2D eigenvalue weighted by molar-refractivity contribution is 0.824. The van der Waals surface area contributed by atoms with Crippen molar-refractivity contribution < 1.29 is 5.48 Å². The first-order valence-electron chi connectivity index (χ1n) is 4.93. The molecule has 84 valence electrons. The molecule has 2 aromatic carbocycles. The molecule has 2 rings (SSSR count). The number of benzene rings is 2. The first-order chi connectivity index (χ1) is 7.24. The SMILES string of the molecule is Nc1ccc(Cc2ccc(N)cc2)cc1.O. The van der Waals surface area contributed by atoms with E-state index in [0.29, 0.717) is 0 Å². The van der Waals surface area contributed by atoms with Crippen LogP contribution in [0.5, 0.6) is 0 Å². The summed E-state index contributed by atoms with van der Waals surface area (Å²) in [6, 6.07) is 15.9. The average molecular weight is 216 g/mol. The number of nitrogen functional groups attached to an aromatic ring is 2. The van der Waals surface area contributed by atoms with E-state index in [4.69, 9.17) is 11.5 Å². The normalized spacial score (nSPS) is 9.50. The predicted molar refractivity (Wildman–Crippen MR) is 68.1 cm³/mol. The summed E-state index contributed by atoms with van der Waals surface area (Å²) in [7, 11) is 0.